The summed E-state index contributed by atoms with van der Waals surface area (Å²) < 4.78 is 0. The Morgan fingerprint density at radius 3 is 2.88 bits per heavy atom. The predicted octanol–water partition coefficient (Wildman–Crippen LogP) is 4.66. The molecule has 0 radical (unpaired) electrons. The van der Waals surface area contributed by atoms with E-state index in [1.807, 2.05) is 30.6 Å². The maximum absolute atomic E-state index is 11.8. The zero-order chi connectivity index (χ0) is 22.4. The number of aromatic nitrogens is 3. The highest BCUT2D eigenvalue weighted by atomic mass is 32.1. The monoisotopic (exact) mass is 453 g/mol. The van der Waals surface area contributed by atoms with Crippen molar-refractivity contribution in [1.29, 1.82) is 0 Å². The quantitative estimate of drug-likeness (QED) is 0.440. The zero-order valence-electron chi connectivity index (χ0n) is 18.3. The molecule has 0 atom stereocenters. The van der Waals surface area contributed by atoms with Gasteiger partial charge in [0.15, 0.2) is 5.78 Å². The molecule has 2 N–H and O–H groups in total. The van der Waals surface area contributed by atoms with E-state index in [0.717, 1.165) is 81.5 Å². The number of aliphatic imine (C=N–C) groups is 1. The zero-order valence-corrected chi connectivity index (χ0v) is 19.1. The number of ketones is 1. The largest absolute Gasteiger partial charge is 0.353 e. The van der Waals surface area contributed by atoms with Crippen LogP contribution >= 0.6 is 11.3 Å². The Hall–Kier alpha value is -3.42. The first kappa shape index (κ1) is 20.2. The van der Waals surface area contributed by atoms with Gasteiger partial charge in [-0.05, 0) is 61.4 Å². The highest BCUT2D eigenvalue weighted by Gasteiger charge is 2.21. The lowest BCUT2D eigenvalue weighted by molar-refractivity contribution is 0.102. The molecule has 6 nitrogen and oxygen atoms in total. The topological polar surface area (TPSA) is 83.0 Å². The van der Waals surface area contributed by atoms with E-state index in [-0.39, 0.29) is 5.78 Å². The fourth-order valence-corrected chi connectivity index (χ4v) is 5.49. The molecule has 2 aliphatic rings. The third kappa shape index (κ3) is 3.63. The summed E-state index contributed by atoms with van der Waals surface area (Å²) in [5, 5.41) is 4.41. The number of H-pyrrole nitrogens is 1. The first-order valence-corrected chi connectivity index (χ1v) is 12.0. The minimum absolute atomic E-state index is 0.0773. The van der Waals surface area contributed by atoms with E-state index < -0.39 is 0 Å². The summed E-state index contributed by atoms with van der Waals surface area (Å²) in [6.45, 7) is 4.22. The lowest BCUT2D eigenvalue weighted by Crippen LogP contribution is -2.21. The molecule has 4 aromatic rings. The van der Waals surface area contributed by atoms with Crippen LogP contribution < -0.4 is 5.32 Å². The van der Waals surface area contributed by atoms with E-state index in [9.17, 15) is 4.79 Å². The van der Waals surface area contributed by atoms with Crippen LogP contribution in [0.5, 0.6) is 0 Å². The highest BCUT2D eigenvalue weighted by Crippen LogP contribution is 2.34. The molecule has 0 aromatic carbocycles. The van der Waals surface area contributed by atoms with Crippen molar-refractivity contribution in [2.24, 2.45) is 4.99 Å². The molecule has 0 saturated carbocycles. The van der Waals surface area contributed by atoms with Gasteiger partial charge in [0.05, 0.1) is 32.5 Å². The van der Waals surface area contributed by atoms with E-state index in [1.165, 1.54) is 22.5 Å². The highest BCUT2D eigenvalue weighted by molar-refractivity contribution is 7.17. The first-order valence-electron chi connectivity index (χ1n) is 11.2. The smallest absolute Gasteiger partial charge is 0.169 e. The second-order valence-corrected chi connectivity index (χ2v) is 9.49. The summed E-state index contributed by atoms with van der Waals surface area (Å²) in [7, 11) is 0. The standard InChI is InChI=1S/C26H23N5OS/c1-15(32)23-2-3-24(33-23)26-19-13-22(31-21(19)7-11-29-26)25-18-12-17(16-4-8-27-9-5-16)14-30-20(18)6-10-28-25/h2-4,7,11-14,27,31H,5-6,8-10H2,1H3. The summed E-state index contributed by atoms with van der Waals surface area (Å²) in [6, 6.07) is 10.2. The van der Waals surface area contributed by atoms with Crippen LogP contribution in [-0.4, -0.2) is 46.1 Å². The van der Waals surface area contributed by atoms with Gasteiger partial charge in [0, 0.05) is 48.4 Å². The lowest BCUT2D eigenvalue weighted by Gasteiger charge is -2.19. The number of nitrogens with zero attached hydrogens (tertiary/aromatic N) is 3. The van der Waals surface area contributed by atoms with E-state index >= 15 is 0 Å². The molecule has 0 fully saturated rings. The van der Waals surface area contributed by atoms with Gasteiger partial charge in [-0.15, -0.1) is 11.3 Å². The maximum atomic E-state index is 11.8. The number of carbonyl (C=O) groups is 1. The van der Waals surface area contributed by atoms with Gasteiger partial charge >= 0.3 is 0 Å². The molecule has 4 aromatic heterocycles. The molecule has 33 heavy (non-hydrogen) atoms. The van der Waals surface area contributed by atoms with E-state index in [1.54, 1.807) is 6.92 Å². The number of Topliss-reactive ketones (excluding diaryl/α,β-unsaturated/α-hetero) is 1. The summed E-state index contributed by atoms with van der Waals surface area (Å²) in [5.41, 5.74) is 8.55. The minimum atomic E-state index is 0.0773. The van der Waals surface area contributed by atoms with Crippen molar-refractivity contribution in [3.8, 4) is 10.6 Å². The number of fused-ring (bicyclic) bond motifs is 2. The molecule has 6 rings (SSSR count). The first-order chi connectivity index (χ1) is 16.2. The third-order valence-electron chi connectivity index (χ3n) is 6.27. The molecule has 0 spiro atoms. The van der Waals surface area contributed by atoms with Crippen LogP contribution in [0.3, 0.4) is 0 Å². The molecule has 0 saturated heterocycles. The van der Waals surface area contributed by atoms with Gasteiger partial charge in [-0.1, -0.05) is 6.08 Å². The Morgan fingerprint density at radius 2 is 2.06 bits per heavy atom. The number of nitrogens with one attached hydrogen (secondary N) is 2. The van der Waals surface area contributed by atoms with Gasteiger partial charge in [-0.2, -0.15) is 0 Å². The Morgan fingerprint density at radius 1 is 1.12 bits per heavy atom. The summed E-state index contributed by atoms with van der Waals surface area (Å²) in [5.74, 6) is 0.0773. The molecule has 7 heteroatoms. The number of carbonyl (C=O) groups excluding carboxylic acids is 1. The SMILES string of the molecule is CC(=O)c1ccc(-c2nccc3[nH]c(C4=NCCc5ncc(C6=CCNCC6)cc54)cc23)s1. The lowest BCUT2D eigenvalue weighted by atomic mass is 9.94. The second kappa shape index (κ2) is 8.17. The molecule has 0 bridgehead atoms. The van der Waals surface area contributed by atoms with Crippen molar-refractivity contribution in [3.63, 3.8) is 0 Å². The number of hydrogen-bond acceptors (Lipinski definition) is 6. The second-order valence-electron chi connectivity index (χ2n) is 8.41. The molecule has 0 aliphatic carbocycles. The molecule has 6 heterocycles. The van der Waals surface area contributed by atoms with Crippen LogP contribution in [0.4, 0.5) is 0 Å². The van der Waals surface area contributed by atoms with Crippen LogP contribution in [0.1, 0.15) is 45.5 Å². The predicted molar refractivity (Wildman–Crippen MR) is 133 cm³/mol. The minimum Gasteiger partial charge on any atom is -0.353 e. The van der Waals surface area contributed by atoms with Crippen LogP contribution in [0.2, 0.25) is 0 Å². The summed E-state index contributed by atoms with van der Waals surface area (Å²) in [6.07, 6.45) is 7.94. The fraction of sp³-hybridized carbons (Fsp3) is 0.231. The Bertz CT molecular complexity index is 1460. The third-order valence-corrected chi connectivity index (χ3v) is 7.46. The molecule has 0 unspecified atom stereocenters. The van der Waals surface area contributed by atoms with E-state index in [2.05, 4.69) is 33.5 Å². The van der Waals surface area contributed by atoms with Gasteiger partial charge < -0.3 is 10.3 Å². The van der Waals surface area contributed by atoms with Crippen molar-refractivity contribution >= 4 is 39.3 Å². The van der Waals surface area contributed by atoms with Gasteiger partial charge in [0.1, 0.15) is 0 Å². The number of pyridine rings is 2. The Balaban J connectivity index is 1.43. The summed E-state index contributed by atoms with van der Waals surface area (Å²) in [4.78, 5) is 31.4. The van der Waals surface area contributed by atoms with Crippen LogP contribution in [0.25, 0.3) is 27.0 Å². The van der Waals surface area contributed by atoms with Crippen LogP contribution in [0.15, 0.2) is 53.8 Å². The number of rotatable bonds is 4. The molecular formula is C26H23N5OS. The molecule has 2 aliphatic heterocycles. The maximum Gasteiger partial charge on any atom is 0.169 e. The van der Waals surface area contributed by atoms with Crippen molar-refractivity contribution in [3.05, 3.63) is 76.2 Å². The van der Waals surface area contributed by atoms with Crippen molar-refractivity contribution in [1.82, 2.24) is 20.3 Å². The molecule has 0 amide bonds. The Labute approximate surface area is 195 Å². The molecular weight excluding hydrogens is 430 g/mol. The number of hydrogen-bond donors (Lipinski definition) is 2. The van der Waals surface area contributed by atoms with Crippen molar-refractivity contribution in [2.75, 3.05) is 19.6 Å². The van der Waals surface area contributed by atoms with Crippen LogP contribution in [0, 0.1) is 0 Å². The normalized spacial score (nSPS) is 15.8. The average molecular weight is 454 g/mol. The van der Waals surface area contributed by atoms with Gasteiger partial charge in [-0.3, -0.25) is 19.8 Å². The van der Waals surface area contributed by atoms with E-state index in [4.69, 9.17) is 9.98 Å². The number of thiophene rings is 1. The Kier molecular flexibility index (Phi) is 5.00. The number of aromatic amines is 1. The van der Waals surface area contributed by atoms with Crippen molar-refractivity contribution < 1.29 is 4.79 Å². The van der Waals surface area contributed by atoms with E-state index in [0.29, 0.717) is 0 Å². The van der Waals surface area contributed by atoms with Crippen molar-refractivity contribution in [2.45, 2.75) is 19.8 Å². The van der Waals surface area contributed by atoms with Gasteiger partial charge in [-0.25, -0.2) is 0 Å². The fourth-order valence-electron chi connectivity index (χ4n) is 4.58. The molecule has 164 valence electrons. The summed E-state index contributed by atoms with van der Waals surface area (Å²) >= 11 is 1.48. The average Bonchev–Trinajstić information content (AvgIpc) is 3.51. The van der Waals surface area contributed by atoms with Gasteiger partial charge in [0.25, 0.3) is 0 Å². The van der Waals surface area contributed by atoms with Crippen LogP contribution in [-0.2, 0) is 6.42 Å². The van der Waals surface area contributed by atoms with Gasteiger partial charge in [0.2, 0.25) is 0 Å².